The Bertz CT molecular complexity index is 1520. The number of para-hydroxylation sites is 1. The minimum Gasteiger partial charge on any atom is -0.493 e. The summed E-state index contributed by atoms with van der Waals surface area (Å²) in [5.41, 5.74) is 3.96. The Hall–Kier alpha value is -4.57. The summed E-state index contributed by atoms with van der Waals surface area (Å²) >= 11 is 1.41. The van der Waals surface area contributed by atoms with E-state index in [1.807, 2.05) is 64.9 Å². The number of hydrogen-bond donors (Lipinski definition) is 1. The zero-order valence-electron chi connectivity index (χ0n) is 23.0. The molecule has 0 radical (unpaired) electrons. The van der Waals surface area contributed by atoms with Crippen LogP contribution < -0.4 is 14.8 Å². The van der Waals surface area contributed by atoms with Crippen LogP contribution in [0.5, 0.6) is 11.5 Å². The average molecular weight is 571 g/mol. The number of hydrogen-bond acceptors (Lipinski definition) is 9. The number of benzene rings is 2. The first-order valence-electron chi connectivity index (χ1n) is 13.1. The van der Waals surface area contributed by atoms with Crippen molar-refractivity contribution in [3.63, 3.8) is 0 Å². The van der Waals surface area contributed by atoms with Gasteiger partial charge in [0.15, 0.2) is 16.7 Å². The van der Waals surface area contributed by atoms with Crippen LogP contribution in [0.15, 0.2) is 94.7 Å². The maximum atomic E-state index is 13.7. The van der Waals surface area contributed by atoms with E-state index in [1.165, 1.54) is 11.8 Å². The van der Waals surface area contributed by atoms with E-state index in [-0.39, 0.29) is 18.9 Å². The SMILES string of the molecule is CCOC(=O)C1=C(c2ccccc2)N=C2SC=C(CC(=O)NCc3ccncc3)N2C1c1cccc(OC)c1OC. The van der Waals surface area contributed by atoms with E-state index in [9.17, 15) is 9.59 Å². The summed E-state index contributed by atoms with van der Waals surface area (Å²) < 4.78 is 17.0. The molecule has 0 fully saturated rings. The normalized spacial score (nSPS) is 16.0. The molecule has 2 aromatic carbocycles. The molecule has 0 saturated heterocycles. The number of carbonyl (C=O) groups excluding carboxylic acids is 2. The molecule has 3 heterocycles. The van der Waals surface area contributed by atoms with Crippen LogP contribution in [0.4, 0.5) is 0 Å². The second kappa shape index (κ2) is 12.7. The fourth-order valence-electron chi connectivity index (χ4n) is 4.84. The highest BCUT2D eigenvalue weighted by atomic mass is 32.2. The van der Waals surface area contributed by atoms with Gasteiger partial charge in [-0.2, -0.15) is 0 Å². The van der Waals surface area contributed by atoms with E-state index in [0.29, 0.717) is 45.7 Å². The molecule has 5 rings (SSSR count). The van der Waals surface area contributed by atoms with Gasteiger partial charge in [-0.1, -0.05) is 54.2 Å². The summed E-state index contributed by atoms with van der Waals surface area (Å²) in [5.74, 6) is 0.337. The van der Waals surface area contributed by atoms with Gasteiger partial charge in [-0.25, -0.2) is 9.79 Å². The molecule has 0 saturated carbocycles. The van der Waals surface area contributed by atoms with Gasteiger partial charge in [-0.15, -0.1) is 0 Å². The minimum atomic E-state index is -0.698. The molecule has 0 bridgehead atoms. The lowest BCUT2D eigenvalue weighted by molar-refractivity contribution is -0.139. The van der Waals surface area contributed by atoms with E-state index < -0.39 is 12.0 Å². The summed E-state index contributed by atoms with van der Waals surface area (Å²) in [7, 11) is 3.13. The Morgan fingerprint density at radius 3 is 2.49 bits per heavy atom. The molecule has 10 heteroatoms. The van der Waals surface area contributed by atoms with E-state index in [4.69, 9.17) is 19.2 Å². The molecular weight excluding hydrogens is 540 g/mol. The highest BCUT2D eigenvalue weighted by molar-refractivity contribution is 8.16. The number of fused-ring (bicyclic) bond motifs is 1. The van der Waals surface area contributed by atoms with Crippen LogP contribution in [0.2, 0.25) is 0 Å². The van der Waals surface area contributed by atoms with Gasteiger partial charge in [0.2, 0.25) is 5.91 Å². The van der Waals surface area contributed by atoms with E-state index in [2.05, 4.69) is 10.3 Å². The molecule has 0 aliphatic carbocycles. The molecule has 3 aromatic rings. The Morgan fingerprint density at radius 1 is 1.00 bits per heavy atom. The predicted octanol–water partition coefficient (Wildman–Crippen LogP) is 5.08. The zero-order valence-corrected chi connectivity index (χ0v) is 23.8. The Kier molecular flexibility index (Phi) is 8.69. The summed E-state index contributed by atoms with van der Waals surface area (Å²) in [6.07, 6.45) is 3.46. The number of methoxy groups -OCH3 is 2. The fraction of sp³-hybridized carbons (Fsp3) is 0.226. The molecule has 1 atom stereocenters. The van der Waals surface area contributed by atoms with E-state index in [1.54, 1.807) is 39.6 Å². The van der Waals surface area contributed by atoms with Gasteiger partial charge in [-0.3, -0.25) is 9.78 Å². The number of pyridine rings is 1. The smallest absolute Gasteiger partial charge is 0.338 e. The van der Waals surface area contributed by atoms with Crippen LogP contribution in [0.3, 0.4) is 0 Å². The number of amides is 1. The number of ether oxygens (including phenoxy) is 3. The topological polar surface area (TPSA) is 102 Å². The molecule has 210 valence electrons. The third-order valence-corrected chi connectivity index (χ3v) is 7.55. The molecule has 1 N–H and O–H groups in total. The molecule has 0 spiro atoms. The summed E-state index contributed by atoms with van der Waals surface area (Å²) in [6, 6.07) is 18.1. The monoisotopic (exact) mass is 570 g/mol. The lowest BCUT2D eigenvalue weighted by atomic mass is 9.90. The second-order valence-electron chi connectivity index (χ2n) is 9.13. The number of aliphatic imine (C=N–C) groups is 1. The van der Waals surface area contributed by atoms with Gasteiger partial charge in [0, 0.05) is 35.8 Å². The van der Waals surface area contributed by atoms with Gasteiger partial charge >= 0.3 is 5.97 Å². The quantitative estimate of drug-likeness (QED) is 0.337. The number of amidine groups is 1. The zero-order chi connectivity index (χ0) is 28.8. The number of thioether (sulfide) groups is 1. The van der Waals surface area contributed by atoms with Crippen molar-refractivity contribution >= 4 is 34.5 Å². The maximum absolute atomic E-state index is 13.7. The van der Waals surface area contributed by atoms with Gasteiger partial charge in [-0.05, 0) is 36.1 Å². The van der Waals surface area contributed by atoms with Crippen molar-refractivity contribution in [2.24, 2.45) is 4.99 Å². The first-order valence-corrected chi connectivity index (χ1v) is 14.0. The molecule has 41 heavy (non-hydrogen) atoms. The van der Waals surface area contributed by atoms with Gasteiger partial charge in [0.05, 0.1) is 44.6 Å². The largest absolute Gasteiger partial charge is 0.493 e. The third-order valence-electron chi connectivity index (χ3n) is 6.66. The number of aromatic nitrogens is 1. The molecular formula is C31H30N4O5S. The van der Waals surface area contributed by atoms with Crippen molar-refractivity contribution in [2.45, 2.75) is 25.9 Å². The standard InChI is InChI=1S/C31H30N4O5S/c1-4-40-30(37)26-27(21-9-6-5-7-10-21)34-31-35(28(26)23-11-8-12-24(38-2)29(23)39-3)22(19-41-31)17-25(36)33-18-20-13-15-32-16-14-20/h5-16,19,28H,4,17-18H2,1-3H3,(H,33,36). The molecule has 1 unspecified atom stereocenters. The molecule has 2 aliphatic rings. The minimum absolute atomic E-state index is 0.0800. The first kappa shape index (κ1) is 28.0. The van der Waals surface area contributed by atoms with Gasteiger partial charge in [0.1, 0.15) is 0 Å². The van der Waals surface area contributed by atoms with Crippen molar-refractivity contribution in [1.29, 1.82) is 0 Å². The van der Waals surface area contributed by atoms with Crippen LogP contribution in [0.1, 0.15) is 36.1 Å². The van der Waals surface area contributed by atoms with Crippen LogP contribution in [0, 0.1) is 0 Å². The lowest BCUT2D eigenvalue weighted by Gasteiger charge is -2.37. The number of carbonyl (C=O) groups is 2. The summed E-state index contributed by atoms with van der Waals surface area (Å²) in [6.45, 7) is 2.34. The number of nitrogens with zero attached hydrogens (tertiary/aromatic N) is 3. The first-order chi connectivity index (χ1) is 20.0. The Labute approximate surface area is 242 Å². The Morgan fingerprint density at radius 2 is 1.78 bits per heavy atom. The maximum Gasteiger partial charge on any atom is 0.338 e. The van der Waals surface area contributed by atoms with Crippen molar-refractivity contribution in [3.05, 3.63) is 106 Å². The fourth-order valence-corrected chi connectivity index (χ4v) is 5.76. The van der Waals surface area contributed by atoms with Crippen molar-refractivity contribution in [2.75, 3.05) is 20.8 Å². The molecule has 9 nitrogen and oxygen atoms in total. The molecule has 1 amide bonds. The van der Waals surface area contributed by atoms with Crippen molar-refractivity contribution in [3.8, 4) is 11.5 Å². The van der Waals surface area contributed by atoms with E-state index >= 15 is 0 Å². The van der Waals surface area contributed by atoms with Gasteiger partial charge < -0.3 is 24.4 Å². The van der Waals surface area contributed by atoms with Crippen LogP contribution >= 0.6 is 11.8 Å². The Balaban J connectivity index is 1.60. The predicted molar refractivity (Wildman–Crippen MR) is 158 cm³/mol. The van der Waals surface area contributed by atoms with Crippen LogP contribution in [-0.4, -0.2) is 47.8 Å². The summed E-state index contributed by atoms with van der Waals surface area (Å²) in [4.78, 5) is 37.8. The highest BCUT2D eigenvalue weighted by Gasteiger charge is 2.43. The number of nitrogens with one attached hydrogen (secondary N) is 1. The van der Waals surface area contributed by atoms with Crippen molar-refractivity contribution < 1.29 is 23.8 Å². The second-order valence-corrected chi connectivity index (χ2v) is 9.97. The third kappa shape index (κ3) is 5.83. The van der Waals surface area contributed by atoms with Crippen molar-refractivity contribution in [1.82, 2.24) is 15.2 Å². The van der Waals surface area contributed by atoms with Crippen LogP contribution in [0.25, 0.3) is 5.70 Å². The summed E-state index contributed by atoms with van der Waals surface area (Å²) in [5, 5.41) is 5.52. The van der Waals surface area contributed by atoms with Crippen LogP contribution in [-0.2, 0) is 20.9 Å². The molecule has 2 aliphatic heterocycles. The van der Waals surface area contributed by atoms with Gasteiger partial charge in [0.25, 0.3) is 0 Å². The van der Waals surface area contributed by atoms with E-state index in [0.717, 1.165) is 11.1 Å². The lowest BCUT2D eigenvalue weighted by Crippen LogP contribution is -2.38. The number of rotatable bonds is 10. The number of esters is 1. The molecule has 1 aromatic heterocycles. The highest BCUT2D eigenvalue weighted by Crippen LogP contribution is 2.50. The average Bonchev–Trinajstić information content (AvgIpc) is 3.41.